The van der Waals surface area contributed by atoms with Crippen LogP contribution in [0.4, 0.5) is 4.39 Å². The van der Waals surface area contributed by atoms with Gasteiger partial charge in [-0.3, -0.25) is 4.79 Å². The van der Waals surface area contributed by atoms with Crippen molar-refractivity contribution in [3.05, 3.63) is 40.3 Å². The first kappa shape index (κ1) is 14.2. The molecule has 1 amide bonds. The van der Waals surface area contributed by atoms with E-state index in [2.05, 4.69) is 21.1 Å². The van der Waals surface area contributed by atoms with Crippen molar-refractivity contribution in [2.45, 2.75) is 12.0 Å². The van der Waals surface area contributed by atoms with Crippen molar-refractivity contribution in [3.63, 3.8) is 0 Å². The predicted octanol–water partition coefficient (Wildman–Crippen LogP) is 2.29. The molecule has 0 radical (unpaired) electrons. The molecule has 5 nitrogen and oxygen atoms in total. The number of likely N-dealkylation sites (tertiary alicyclic amines) is 1. The quantitative estimate of drug-likeness (QED) is 0.898. The van der Waals surface area contributed by atoms with E-state index in [9.17, 15) is 14.3 Å². The van der Waals surface area contributed by atoms with E-state index in [1.165, 1.54) is 17.0 Å². The molecule has 1 aromatic heterocycles. The molecule has 2 heterocycles. The minimum Gasteiger partial charge on any atom is -0.373 e. The van der Waals surface area contributed by atoms with Crippen molar-refractivity contribution < 1.29 is 18.8 Å². The molecular formula is C14H12BrFN2O3. The molecule has 1 fully saturated rings. The third-order valence-electron chi connectivity index (χ3n) is 3.64. The van der Waals surface area contributed by atoms with E-state index in [1.807, 2.05) is 0 Å². The van der Waals surface area contributed by atoms with Gasteiger partial charge in [-0.2, -0.15) is 0 Å². The lowest BCUT2D eigenvalue weighted by Crippen LogP contribution is -2.35. The number of nitrogens with zero attached hydrogens (tertiary/aromatic N) is 2. The summed E-state index contributed by atoms with van der Waals surface area (Å²) in [6, 6.07) is 5.92. The molecule has 0 spiro atoms. The molecular weight excluding hydrogens is 343 g/mol. The molecule has 110 valence electrons. The molecule has 21 heavy (non-hydrogen) atoms. The Bertz CT molecular complexity index is 718. The molecule has 1 N–H and O–H groups in total. The normalized spacial score (nSPS) is 22.1. The molecule has 1 unspecified atom stereocenters. The first-order valence-electron chi connectivity index (χ1n) is 6.32. The summed E-state index contributed by atoms with van der Waals surface area (Å²) in [4.78, 5) is 13.4. The summed E-state index contributed by atoms with van der Waals surface area (Å²) in [5, 5.41) is 14.3. The Morgan fingerprint density at radius 2 is 2.24 bits per heavy atom. The standard InChI is InChI=1S/C14H12BrFN2O3/c1-18-5-4-14(20,13(18)19)12-7-11(17-21-12)8-2-3-10(16)9(15)6-8/h2-3,6-7,20H,4-5H2,1H3. The highest BCUT2D eigenvalue weighted by molar-refractivity contribution is 9.10. The van der Waals surface area contributed by atoms with E-state index in [0.717, 1.165) is 0 Å². The molecule has 1 saturated heterocycles. The van der Waals surface area contributed by atoms with Crippen LogP contribution in [-0.4, -0.2) is 34.7 Å². The summed E-state index contributed by atoms with van der Waals surface area (Å²) in [5.41, 5.74) is -0.612. The molecule has 7 heteroatoms. The van der Waals surface area contributed by atoms with Crippen LogP contribution in [0.3, 0.4) is 0 Å². The van der Waals surface area contributed by atoms with Crippen molar-refractivity contribution in [2.24, 2.45) is 0 Å². The van der Waals surface area contributed by atoms with Gasteiger partial charge in [-0.15, -0.1) is 0 Å². The Morgan fingerprint density at radius 3 is 2.86 bits per heavy atom. The van der Waals surface area contributed by atoms with Gasteiger partial charge in [0.25, 0.3) is 5.91 Å². The Balaban J connectivity index is 1.97. The molecule has 1 aromatic carbocycles. The first-order valence-corrected chi connectivity index (χ1v) is 7.11. The molecule has 0 bridgehead atoms. The zero-order chi connectivity index (χ0) is 15.2. The van der Waals surface area contributed by atoms with E-state index in [4.69, 9.17) is 4.52 Å². The maximum atomic E-state index is 13.2. The van der Waals surface area contributed by atoms with Crippen LogP contribution in [0.15, 0.2) is 33.3 Å². The fourth-order valence-corrected chi connectivity index (χ4v) is 2.72. The molecule has 1 aliphatic rings. The topological polar surface area (TPSA) is 66.6 Å². The van der Waals surface area contributed by atoms with Gasteiger partial charge in [-0.1, -0.05) is 5.16 Å². The van der Waals surface area contributed by atoms with Crippen LogP contribution in [0, 0.1) is 5.82 Å². The fraction of sp³-hybridized carbons (Fsp3) is 0.286. The number of halogens is 2. The van der Waals surface area contributed by atoms with E-state index in [0.29, 0.717) is 22.3 Å². The van der Waals surface area contributed by atoms with Gasteiger partial charge in [0.1, 0.15) is 11.5 Å². The van der Waals surface area contributed by atoms with Crippen molar-refractivity contribution in [2.75, 3.05) is 13.6 Å². The van der Waals surface area contributed by atoms with Crippen LogP contribution < -0.4 is 0 Å². The lowest BCUT2D eigenvalue weighted by atomic mass is 9.98. The summed E-state index contributed by atoms with van der Waals surface area (Å²) in [7, 11) is 1.62. The Labute approximate surface area is 128 Å². The maximum Gasteiger partial charge on any atom is 0.262 e. The van der Waals surface area contributed by atoms with E-state index < -0.39 is 11.5 Å². The minimum atomic E-state index is -1.67. The second-order valence-electron chi connectivity index (χ2n) is 5.04. The third-order valence-corrected chi connectivity index (χ3v) is 4.25. The number of hydrogen-bond donors (Lipinski definition) is 1. The zero-order valence-electron chi connectivity index (χ0n) is 11.1. The smallest absolute Gasteiger partial charge is 0.262 e. The minimum absolute atomic E-state index is 0.104. The lowest BCUT2D eigenvalue weighted by Gasteiger charge is -2.16. The summed E-state index contributed by atoms with van der Waals surface area (Å²) in [6.45, 7) is 0.452. The molecule has 0 saturated carbocycles. The molecule has 2 aromatic rings. The number of rotatable bonds is 2. The number of likely N-dealkylation sites (N-methyl/N-ethyl adjacent to an activating group) is 1. The van der Waals surface area contributed by atoms with Gasteiger partial charge >= 0.3 is 0 Å². The highest BCUT2D eigenvalue weighted by Crippen LogP contribution is 2.35. The average molecular weight is 355 g/mol. The average Bonchev–Trinajstić information content (AvgIpc) is 3.05. The van der Waals surface area contributed by atoms with E-state index in [-0.39, 0.29) is 18.0 Å². The monoisotopic (exact) mass is 354 g/mol. The van der Waals surface area contributed by atoms with Crippen LogP contribution in [0.2, 0.25) is 0 Å². The van der Waals surface area contributed by atoms with Crippen molar-refractivity contribution in [1.82, 2.24) is 10.1 Å². The summed E-state index contributed by atoms with van der Waals surface area (Å²) >= 11 is 3.10. The summed E-state index contributed by atoms with van der Waals surface area (Å²) in [6.07, 6.45) is 0.254. The zero-order valence-corrected chi connectivity index (χ0v) is 12.7. The lowest BCUT2D eigenvalue weighted by molar-refractivity contribution is -0.144. The van der Waals surface area contributed by atoms with Gasteiger partial charge in [-0.05, 0) is 34.1 Å². The van der Waals surface area contributed by atoms with Crippen LogP contribution in [0.1, 0.15) is 12.2 Å². The number of amides is 1. The van der Waals surface area contributed by atoms with Crippen LogP contribution in [0.5, 0.6) is 0 Å². The van der Waals surface area contributed by atoms with Crippen molar-refractivity contribution in [1.29, 1.82) is 0 Å². The van der Waals surface area contributed by atoms with Gasteiger partial charge in [0.2, 0.25) is 5.60 Å². The second kappa shape index (κ2) is 4.92. The van der Waals surface area contributed by atoms with E-state index >= 15 is 0 Å². The summed E-state index contributed by atoms with van der Waals surface area (Å²) < 4.78 is 18.7. The van der Waals surface area contributed by atoms with Crippen molar-refractivity contribution in [3.8, 4) is 11.3 Å². The third kappa shape index (κ3) is 2.26. The van der Waals surface area contributed by atoms with Gasteiger partial charge in [0, 0.05) is 31.6 Å². The Morgan fingerprint density at radius 1 is 1.48 bits per heavy atom. The molecule has 3 rings (SSSR count). The number of aliphatic hydroxyl groups is 1. The highest BCUT2D eigenvalue weighted by Gasteiger charge is 2.48. The number of carbonyl (C=O) groups is 1. The highest BCUT2D eigenvalue weighted by atomic mass is 79.9. The van der Waals surface area contributed by atoms with Crippen LogP contribution in [0.25, 0.3) is 11.3 Å². The second-order valence-corrected chi connectivity index (χ2v) is 5.90. The largest absolute Gasteiger partial charge is 0.373 e. The Kier molecular flexibility index (Phi) is 3.33. The maximum absolute atomic E-state index is 13.2. The first-order chi connectivity index (χ1) is 9.91. The van der Waals surface area contributed by atoms with E-state index in [1.54, 1.807) is 19.2 Å². The predicted molar refractivity (Wildman–Crippen MR) is 75.7 cm³/mol. The van der Waals surface area contributed by atoms with Crippen LogP contribution in [-0.2, 0) is 10.4 Å². The Hall–Kier alpha value is -1.73. The molecule has 0 aliphatic carbocycles. The van der Waals surface area contributed by atoms with Gasteiger partial charge in [0.15, 0.2) is 5.76 Å². The van der Waals surface area contributed by atoms with Gasteiger partial charge in [0.05, 0.1) is 4.47 Å². The summed E-state index contributed by atoms with van der Waals surface area (Å²) in [5.74, 6) is -0.688. The number of benzene rings is 1. The van der Waals surface area contributed by atoms with Crippen molar-refractivity contribution >= 4 is 21.8 Å². The SMILES string of the molecule is CN1CCC(O)(c2cc(-c3ccc(F)c(Br)c3)no2)C1=O. The number of carbonyl (C=O) groups excluding carboxylic acids is 1. The van der Waals surface area contributed by atoms with Gasteiger partial charge in [-0.25, -0.2) is 4.39 Å². The number of aromatic nitrogens is 1. The van der Waals surface area contributed by atoms with Gasteiger partial charge < -0.3 is 14.5 Å². The molecule has 1 atom stereocenters. The van der Waals surface area contributed by atoms with Crippen LogP contribution >= 0.6 is 15.9 Å². The molecule has 1 aliphatic heterocycles. The number of hydrogen-bond acceptors (Lipinski definition) is 4. The fourth-order valence-electron chi connectivity index (χ4n) is 2.34.